The van der Waals surface area contributed by atoms with Gasteiger partial charge in [-0.3, -0.25) is 19.2 Å². The molecule has 35 heavy (non-hydrogen) atoms. The Morgan fingerprint density at radius 3 is 2.29 bits per heavy atom. The van der Waals surface area contributed by atoms with E-state index in [0.29, 0.717) is 17.5 Å². The summed E-state index contributed by atoms with van der Waals surface area (Å²) in [4.78, 5) is 54.7. The number of fused-ring (bicyclic) bond motifs is 5. The van der Waals surface area contributed by atoms with Crippen LogP contribution in [0.25, 0.3) is 0 Å². The molecule has 2 aromatic carbocycles. The van der Waals surface area contributed by atoms with Gasteiger partial charge in [0, 0.05) is 24.7 Å². The topological polar surface area (TPSA) is 84.0 Å². The van der Waals surface area contributed by atoms with Crippen LogP contribution < -0.4 is 14.5 Å². The molecule has 0 spiro atoms. The summed E-state index contributed by atoms with van der Waals surface area (Å²) in [5.41, 5.74) is 3.45. The quantitative estimate of drug-likeness (QED) is 0.384. The molecule has 0 aromatic heterocycles. The average Bonchev–Trinajstić information content (AvgIpc) is 3.59. The summed E-state index contributed by atoms with van der Waals surface area (Å²) >= 11 is 0. The van der Waals surface area contributed by atoms with Crippen molar-refractivity contribution in [2.45, 2.75) is 39.5 Å². The van der Waals surface area contributed by atoms with E-state index in [9.17, 15) is 19.2 Å². The summed E-state index contributed by atoms with van der Waals surface area (Å²) in [5.74, 6) is -0.943. The van der Waals surface area contributed by atoms with Crippen molar-refractivity contribution in [2.75, 3.05) is 16.3 Å². The van der Waals surface area contributed by atoms with Gasteiger partial charge in [0.2, 0.25) is 17.7 Å². The molecule has 2 aromatic rings. The van der Waals surface area contributed by atoms with Crippen molar-refractivity contribution in [2.24, 2.45) is 29.6 Å². The van der Waals surface area contributed by atoms with Gasteiger partial charge < -0.3 is 9.64 Å². The van der Waals surface area contributed by atoms with Crippen molar-refractivity contribution in [3.63, 3.8) is 0 Å². The van der Waals surface area contributed by atoms with Crippen molar-refractivity contribution in [1.29, 1.82) is 0 Å². The maximum absolute atomic E-state index is 13.1. The fourth-order valence-electron chi connectivity index (χ4n) is 6.56. The first kappa shape index (κ1) is 22.0. The number of ether oxygens (including phenoxy) is 1. The summed E-state index contributed by atoms with van der Waals surface area (Å²) < 4.78 is 5.63. The molecule has 2 saturated carbocycles. The third-order valence-electron chi connectivity index (χ3n) is 8.48. The Morgan fingerprint density at radius 1 is 0.886 bits per heavy atom. The zero-order valence-corrected chi connectivity index (χ0v) is 19.9. The lowest BCUT2D eigenvalue weighted by atomic mass is 9.81. The predicted octanol–water partition coefficient (Wildman–Crippen LogP) is 3.80. The van der Waals surface area contributed by atoms with E-state index in [1.807, 2.05) is 32.0 Å². The summed E-state index contributed by atoms with van der Waals surface area (Å²) in [7, 11) is 0. The number of carbonyl (C=O) groups excluding carboxylic acids is 4. The second kappa shape index (κ2) is 8.04. The summed E-state index contributed by atoms with van der Waals surface area (Å²) in [5, 5.41) is 0. The maximum atomic E-state index is 13.1. The number of rotatable bonds is 4. The molecular formula is C28H28N2O5. The van der Waals surface area contributed by atoms with Crippen LogP contribution in [0, 0.1) is 43.4 Å². The number of hydrogen-bond acceptors (Lipinski definition) is 5. The molecular weight excluding hydrogens is 444 g/mol. The SMILES string of the molecule is Cc1ccc(N2C[C@H](C(=O)Oc3cccc(N4C(=O)[C@H]5[C@H]6CC[C@@H](C6)[C@@H]5C4=O)c3)CC2=O)cc1C. The van der Waals surface area contributed by atoms with Gasteiger partial charge >= 0.3 is 5.97 Å². The van der Waals surface area contributed by atoms with Gasteiger partial charge in [-0.1, -0.05) is 12.1 Å². The fraction of sp³-hybridized carbons (Fsp3) is 0.429. The Balaban J connectivity index is 1.16. The molecule has 180 valence electrons. The smallest absolute Gasteiger partial charge is 0.316 e. The molecule has 2 heterocycles. The molecule has 2 saturated heterocycles. The highest BCUT2D eigenvalue weighted by Crippen LogP contribution is 2.56. The van der Waals surface area contributed by atoms with Gasteiger partial charge in [-0.15, -0.1) is 0 Å². The highest BCUT2D eigenvalue weighted by Gasteiger charge is 2.61. The Hall–Kier alpha value is -3.48. The van der Waals surface area contributed by atoms with E-state index in [0.717, 1.165) is 36.1 Å². The van der Waals surface area contributed by atoms with Gasteiger partial charge in [0.15, 0.2) is 0 Å². The van der Waals surface area contributed by atoms with Crippen LogP contribution in [0.2, 0.25) is 0 Å². The van der Waals surface area contributed by atoms with Crippen LogP contribution in [0.15, 0.2) is 42.5 Å². The minimum absolute atomic E-state index is 0.0840. The minimum atomic E-state index is -0.585. The largest absolute Gasteiger partial charge is 0.426 e. The predicted molar refractivity (Wildman–Crippen MR) is 129 cm³/mol. The Labute approximate surface area is 204 Å². The van der Waals surface area contributed by atoms with E-state index in [1.54, 1.807) is 29.2 Å². The Morgan fingerprint density at radius 2 is 1.60 bits per heavy atom. The minimum Gasteiger partial charge on any atom is -0.426 e. The lowest BCUT2D eigenvalue weighted by Gasteiger charge is -2.19. The molecule has 0 N–H and O–H groups in total. The lowest BCUT2D eigenvalue weighted by Crippen LogP contribution is -2.32. The van der Waals surface area contributed by atoms with Crippen molar-refractivity contribution in [3.8, 4) is 5.75 Å². The number of benzene rings is 2. The maximum Gasteiger partial charge on any atom is 0.316 e. The summed E-state index contributed by atoms with van der Waals surface area (Å²) in [6.07, 6.45) is 3.11. The van der Waals surface area contributed by atoms with Crippen molar-refractivity contribution in [1.82, 2.24) is 0 Å². The van der Waals surface area contributed by atoms with Gasteiger partial charge in [-0.2, -0.15) is 0 Å². The zero-order chi connectivity index (χ0) is 24.4. The molecule has 2 bridgehead atoms. The van der Waals surface area contributed by atoms with Crippen LogP contribution in [0.1, 0.15) is 36.8 Å². The monoisotopic (exact) mass is 472 g/mol. The number of carbonyl (C=O) groups is 4. The van der Waals surface area contributed by atoms with Gasteiger partial charge in [0.05, 0.1) is 23.4 Å². The van der Waals surface area contributed by atoms with Gasteiger partial charge in [-0.25, -0.2) is 4.90 Å². The van der Waals surface area contributed by atoms with Gasteiger partial charge in [-0.05, 0) is 80.3 Å². The first-order valence-corrected chi connectivity index (χ1v) is 12.4. The molecule has 7 nitrogen and oxygen atoms in total. The second-order valence-electron chi connectivity index (χ2n) is 10.5. The normalized spacial score (nSPS) is 29.3. The average molecular weight is 473 g/mol. The number of esters is 1. The highest BCUT2D eigenvalue weighted by molar-refractivity contribution is 6.22. The lowest BCUT2D eigenvalue weighted by molar-refractivity contribution is -0.139. The fourth-order valence-corrected chi connectivity index (χ4v) is 6.56. The van der Waals surface area contributed by atoms with E-state index in [1.165, 1.54) is 4.90 Å². The molecule has 0 radical (unpaired) electrons. The number of anilines is 2. The second-order valence-corrected chi connectivity index (χ2v) is 10.5. The van der Waals surface area contributed by atoms with E-state index < -0.39 is 11.9 Å². The van der Waals surface area contributed by atoms with Crippen LogP contribution in [0.3, 0.4) is 0 Å². The van der Waals surface area contributed by atoms with E-state index in [2.05, 4.69) is 0 Å². The molecule has 2 aliphatic carbocycles. The van der Waals surface area contributed by atoms with Crippen LogP contribution in [-0.2, 0) is 19.2 Å². The van der Waals surface area contributed by atoms with Crippen LogP contribution in [-0.4, -0.2) is 30.2 Å². The summed E-state index contributed by atoms with van der Waals surface area (Å²) in [6.45, 7) is 4.26. The van der Waals surface area contributed by atoms with Crippen LogP contribution in [0.5, 0.6) is 5.75 Å². The van der Waals surface area contributed by atoms with Crippen LogP contribution >= 0.6 is 0 Å². The standard InChI is InChI=1S/C28H28N2O5/c1-15-6-9-20(10-16(15)2)29-14-19(12-23(29)31)28(34)35-22-5-3-4-21(13-22)30-26(32)24-17-7-8-18(11-17)25(24)27(30)33/h3-6,9-10,13,17-19,24-25H,7-8,11-12,14H2,1-2H3/t17-,18-,19+,24-,25-/m0/s1. The number of hydrogen-bond donors (Lipinski definition) is 0. The molecule has 7 heteroatoms. The number of imide groups is 1. The number of aryl methyl sites for hydroxylation is 2. The molecule has 2 aliphatic heterocycles. The zero-order valence-electron chi connectivity index (χ0n) is 19.9. The van der Waals surface area contributed by atoms with Crippen molar-refractivity contribution in [3.05, 3.63) is 53.6 Å². The number of nitrogens with zero attached hydrogens (tertiary/aromatic N) is 2. The number of amides is 3. The van der Waals surface area contributed by atoms with Gasteiger partial charge in [0.1, 0.15) is 5.75 Å². The molecule has 3 amide bonds. The third kappa shape index (κ3) is 3.48. The molecule has 6 rings (SSSR count). The first-order valence-electron chi connectivity index (χ1n) is 12.4. The third-order valence-corrected chi connectivity index (χ3v) is 8.48. The molecule has 4 aliphatic rings. The molecule has 4 fully saturated rings. The summed E-state index contributed by atoms with van der Waals surface area (Å²) in [6, 6.07) is 12.4. The van der Waals surface area contributed by atoms with Crippen LogP contribution in [0.4, 0.5) is 11.4 Å². The molecule has 0 unspecified atom stereocenters. The Kier molecular flexibility index (Phi) is 5.06. The Bertz CT molecular complexity index is 1240. The first-order chi connectivity index (χ1) is 16.8. The van der Waals surface area contributed by atoms with E-state index in [4.69, 9.17) is 4.74 Å². The van der Waals surface area contributed by atoms with Gasteiger partial charge in [0.25, 0.3) is 0 Å². The molecule has 5 atom stereocenters. The van der Waals surface area contributed by atoms with Crippen molar-refractivity contribution >= 4 is 35.1 Å². The van der Waals surface area contributed by atoms with E-state index in [-0.39, 0.29) is 48.3 Å². The highest BCUT2D eigenvalue weighted by atomic mass is 16.5. The van der Waals surface area contributed by atoms with Crippen molar-refractivity contribution < 1.29 is 23.9 Å². The van der Waals surface area contributed by atoms with E-state index >= 15 is 0 Å².